The van der Waals surface area contributed by atoms with E-state index in [1.54, 1.807) is 12.4 Å². The predicted molar refractivity (Wildman–Crippen MR) is 56.0 cm³/mol. The van der Waals surface area contributed by atoms with E-state index in [1.807, 2.05) is 13.8 Å². The largest absolute Gasteiger partial charge is 0.481 e. The van der Waals surface area contributed by atoms with Crippen LogP contribution in [0.15, 0.2) is 18.7 Å². The molecular weight excluding hydrogens is 208 g/mol. The molecule has 1 N–H and O–H groups in total. The molecule has 0 amide bonds. The van der Waals surface area contributed by atoms with E-state index in [4.69, 9.17) is 5.11 Å². The molecule has 1 unspecified atom stereocenters. The Hall–Kier alpha value is -1.98. The van der Waals surface area contributed by atoms with E-state index in [1.165, 1.54) is 10.8 Å². The molecule has 0 spiro atoms. The van der Waals surface area contributed by atoms with E-state index in [0.29, 0.717) is 11.3 Å². The zero-order valence-electron chi connectivity index (χ0n) is 9.03. The van der Waals surface area contributed by atoms with Gasteiger partial charge in [0, 0.05) is 18.0 Å². The van der Waals surface area contributed by atoms with E-state index < -0.39 is 11.9 Å². The average Bonchev–Trinajstić information content (AvgIpc) is 2.63. The Morgan fingerprint density at radius 2 is 2.19 bits per heavy atom. The molecule has 0 saturated carbocycles. The van der Waals surface area contributed by atoms with Crippen LogP contribution in [0.5, 0.6) is 0 Å². The first kappa shape index (κ1) is 10.5. The molecule has 1 atom stereocenters. The lowest BCUT2D eigenvalue weighted by Gasteiger charge is -2.15. The first-order chi connectivity index (χ1) is 7.59. The standard InChI is InChI=1S/C10H12N4O2/c1-6(2)8(9(15)16)7-3-11-10-12-5-13-14(10)4-7/h3-6,8H,1-2H3,(H,15,16). The molecule has 0 bridgehead atoms. The maximum Gasteiger partial charge on any atom is 0.311 e. The van der Waals surface area contributed by atoms with Crippen LogP contribution in [0.1, 0.15) is 25.3 Å². The van der Waals surface area contributed by atoms with Crippen molar-refractivity contribution < 1.29 is 9.90 Å². The number of hydrogen-bond donors (Lipinski definition) is 1. The number of carboxylic acids is 1. The normalized spacial score (nSPS) is 13.2. The highest BCUT2D eigenvalue weighted by Crippen LogP contribution is 2.23. The van der Waals surface area contributed by atoms with Crippen LogP contribution in [0.4, 0.5) is 0 Å². The smallest absolute Gasteiger partial charge is 0.311 e. The second-order valence-electron chi connectivity index (χ2n) is 3.95. The number of aromatic nitrogens is 4. The van der Waals surface area contributed by atoms with E-state index in [2.05, 4.69) is 15.1 Å². The van der Waals surface area contributed by atoms with Gasteiger partial charge in [0.05, 0.1) is 5.92 Å². The minimum atomic E-state index is -0.851. The van der Waals surface area contributed by atoms with Crippen LogP contribution >= 0.6 is 0 Å². The van der Waals surface area contributed by atoms with Crippen LogP contribution in [0.25, 0.3) is 5.78 Å². The quantitative estimate of drug-likeness (QED) is 0.832. The van der Waals surface area contributed by atoms with Crippen molar-refractivity contribution in [2.75, 3.05) is 0 Å². The third kappa shape index (κ3) is 1.73. The van der Waals surface area contributed by atoms with Crippen LogP contribution in [0.3, 0.4) is 0 Å². The van der Waals surface area contributed by atoms with Gasteiger partial charge in [0.25, 0.3) is 5.78 Å². The van der Waals surface area contributed by atoms with Gasteiger partial charge in [-0.05, 0) is 5.92 Å². The first-order valence-electron chi connectivity index (χ1n) is 4.97. The van der Waals surface area contributed by atoms with Crippen molar-refractivity contribution in [1.29, 1.82) is 0 Å². The zero-order valence-corrected chi connectivity index (χ0v) is 9.03. The topological polar surface area (TPSA) is 80.4 Å². The maximum absolute atomic E-state index is 11.1. The summed E-state index contributed by atoms with van der Waals surface area (Å²) in [6.07, 6.45) is 4.59. The number of hydrogen-bond acceptors (Lipinski definition) is 4. The molecule has 6 heteroatoms. The molecule has 0 aliphatic rings. The molecule has 6 nitrogen and oxygen atoms in total. The minimum Gasteiger partial charge on any atom is -0.481 e. The molecule has 0 aromatic carbocycles. The maximum atomic E-state index is 11.1. The summed E-state index contributed by atoms with van der Waals surface area (Å²) < 4.78 is 1.48. The van der Waals surface area contributed by atoms with Gasteiger partial charge in [0.1, 0.15) is 6.33 Å². The Morgan fingerprint density at radius 3 is 2.81 bits per heavy atom. The lowest BCUT2D eigenvalue weighted by atomic mass is 9.90. The number of aliphatic carboxylic acids is 1. The van der Waals surface area contributed by atoms with Crippen LogP contribution in [0.2, 0.25) is 0 Å². The van der Waals surface area contributed by atoms with Gasteiger partial charge >= 0.3 is 5.97 Å². The number of rotatable bonds is 3. The fraction of sp³-hybridized carbons (Fsp3) is 0.400. The van der Waals surface area contributed by atoms with Gasteiger partial charge in [-0.3, -0.25) is 4.79 Å². The second kappa shape index (κ2) is 3.88. The van der Waals surface area contributed by atoms with Crippen LogP contribution in [-0.4, -0.2) is 30.7 Å². The molecule has 2 heterocycles. The van der Waals surface area contributed by atoms with Crippen LogP contribution < -0.4 is 0 Å². The van der Waals surface area contributed by atoms with E-state index >= 15 is 0 Å². The van der Waals surface area contributed by atoms with Gasteiger partial charge in [-0.15, -0.1) is 0 Å². The highest BCUT2D eigenvalue weighted by molar-refractivity contribution is 5.76. The molecule has 0 fully saturated rings. The van der Waals surface area contributed by atoms with Gasteiger partial charge in [-0.25, -0.2) is 9.50 Å². The van der Waals surface area contributed by atoms with Gasteiger partial charge in [-0.2, -0.15) is 10.1 Å². The summed E-state index contributed by atoms with van der Waals surface area (Å²) in [5.41, 5.74) is 0.639. The fourth-order valence-electron chi connectivity index (χ4n) is 1.71. The van der Waals surface area contributed by atoms with Crippen molar-refractivity contribution >= 4 is 11.7 Å². The Labute approximate surface area is 92.0 Å². The van der Waals surface area contributed by atoms with Crippen LogP contribution in [-0.2, 0) is 4.79 Å². The summed E-state index contributed by atoms with van der Waals surface area (Å²) in [5.74, 6) is -0.950. The lowest BCUT2D eigenvalue weighted by Crippen LogP contribution is -2.18. The number of carbonyl (C=O) groups is 1. The SMILES string of the molecule is CC(C)C(C(=O)O)c1cnc2ncnn2c1. The molecule has 2 aromatic rings. The molecule has 0 radical (unpaired) electrons. The molecule has 84 valence electrons. The Bertz CT molecular complexity index is 520. The third-order valence-corrected chi connectivity index (χ3v) is 2.45. The van der Waals surface area contributed by atoms with Gasteiger partial charge in [0.15, 0.2) is 0 Å². The highest BCUT2D eigenvalue weighted by Gasteiger charge is 2.24. The third-order valence-electron chi connectivity index (χ3n) is 2.45. The minimum absolute atomic E-state index is 0.000251. The van der Waals surface area contributed by atoms with Crippen molar-refractivity contribution in [3.63, 3.8) is 0 Å². The fourth-order valence-corrected chi connectivity index (χ4v) is 1.71. The molecule has 0 saturated heterocycles. The van der Waals surface area contributed by atoms with E-state index in [-0.39, 0.29) is 5.92 Å². The lowest BCUT2D eigenvalue weighted by molar-refractivity contribution is -0.139. The average molecular weight is 220 g/mol. The molecule has 16 heavy (non-hydrogen) atoms. The van der Waals surface area contributed by atoms with Crippen molar-refractivity contribution in [1.82, 2.24) is 19.6 Å². The molecule has 2 aromatic heterocycles. The zero-order chi connectivity index (χ0) is 11.7. The van der Waals surface area contributed by atoms with Crippen molar-refractivity contribution in [2.24, 2.45) is 5.92 Å². The van der Waals surface area contributed by atoms with E-state index in [0.717, 1.165) is 0 Å². The predicted octanol–water partition coefficient (Wildman–Crippen LogP) is 0.948. The van der Waals surface area contributed by atoms with Gasteiger partial charge in [-0.1, -0.05) is 13.8 Å². The summed E-state index contributed by atoms with van der Waals surface area (Å²) in [5, 5.41) is 13.1. The van der Waals surface area contributed by atoms with E-state index in [9.17, 15) is 4.79 Å². The Morgan fingerprint density at radius 1 is 1.44 bits per heavy atom. The molecule has 0 aliphatic carbocycles. The second-order valence-corrected chi connectivity index (χ2v) is 3.95. The highest BCUT2D eigenvalue weighted by atomic mass is 16.4. The number of carboxylic acid groups (broad SMARTS) is 1. The summed E-state index contributed by atoms with van der Waals surface area (Å²) in [7, 11) is 0. The molecular formula is C10H12N4O2. The first-order valence-corrected chi connectivity index (χ1v) is 4.97. The molecule has 2 rings (SSSR count). The number of nitrogens with zero attached hydrogens (tertiary/aromatic N) is 4. The van der Waals surface area contributed by atoms with Gasteiger partial charge in [0.2, 0.25) is 0 Å². The van der Waals surface area contributed by atoms with Crippen molar-refractivity contribution in [3.8, 4) is 0 Å². The van der Waals surface area contributed by atoms with Crippen molar-refractivity contribution in [2.45, 2.75) is 19.8 Å². The Balaban J connectivity index is 2.48. The summed E-state index contributed by atoms with van der Waals surface area (Å²) in [4.78, 5) is 19.1. The summed E-state index contributed by atoms with van der Waals surface area (Å²) in [6.45, 7) is 3.73. The van der Waals surface area contributed by atoms with Gasteiger partial charge < -0.3 is 5.11 Å². The van der Waals surface area contributed by atoms with Crippen LogP contribution in [0, 0.1) is 5.92 Å². The Kier molecular flexibility index (Phi) is 2.55. The monoisotopic (exact) mass is 220 g/mol. The summed E-state index contributed by atoms with van der Waals surface area (Å²) in [6, 6.07) is 0. The van der Waals surface area contributed by atoms with Crippen molar-refractivity contribution in [3.05, 3.63) is 24.3 Å². The molecule has 0 aliphatic heterocycles. The summed E-state index contributed by atoms with van der Waals surface area (Å²) >= 11 is 0. The number of fused-ring (bicyclic) bond motifs is 1.